The van der Waals surface area contributed by atoms with Gasteiger partial charge in [-0.2, -0.15) is 4.98 Å². The van der Waals surface area contributed by atoms with Crippen LogP contribution in [0.15, 0.2) is 52.7 Å². The highest BCUT2D eigenvalue weighted by atomic mass is 32.1. The molecule has 35 heavy (non-hydrogen) atoms. The van der Waals surface area contributed by atoms with Crippen LogP contribution in [0.25, 0.3) is 17.0 Å². The van der Waals surface area contributed by atoms with Crippen LogP contribution < -0.4 is 19.5 Å². The van der Waals surface area contributed by atoms with Gasteiger partial charge in [-0.25, -0.2) is 0 Å². The molecule has 8 nitrogen and oxygen atoms in total. The van der Waals surface area contributed by atoms with E-state index in [-0.39, 0.29) is 6.04 Å². The third-order valence-corrected chi connectivity index (χ3v) is 6.23. The molecule has 0 radical (unpaired) electrons. The van der Waals surface area contributed by atoms with Crippen LogP contribution in [0.5, 0.6) is 17.2 Å². The zero-order chi connectivity index (χ0) is 25.1. The van der Waals surface area contributed by atoms with Gasteiger partial charge in [-0.05, 0) is 61.0 Å². The molecule has 1 aromatic heterocycles. The first-order valence-corrected chi connectivity index (χ1v) is 11.8. The molecule has 1 aliphatic rings. The number of benzene rings is 2. The summed E-state index contributed by atoms with van der Waals surface area (Å²) in [5.41, 5.74) is 3.63. The zero-order valence-electron chi connectivity index (χ0n) is 20.8. The van der Waals surface area contributed by atoms with E-state index in [0.29, 0.717) is 34.2 Å². The minimum atomic E-state index is -0.254. The number of rotatable bonds is 8. The SMILES string of the molecule is COc1ccc(C2NC(=S)N(CC(C)C)C(C)=C2c2nc(-c3ccc(OC)c(OC)c3)no2)cc1. The molecule has 0 fully saturated rings. The number of allylic oxidation sites excluding steroid dienone is 1. The van der Waals surface area contributed by atoms with Crippen molar-refractivity contribution in [2.45, 2.75) is 26.8 Å². The van der Waals surface area contributed by atoms with Crippen molar-refractivity contribution in [2.75, 3.05) is 27.9 Å². The molecule has 0 saturated carbocycles. The summed E-state index contributed by atoms with van der Waals surface area (Å²) in [6.45, 7) is 7.13. The summed E-state index contributed by atoms with van der Waals surface area (Å²) in [5.74, 6) is 3.30. The Morgan fingerprint density at radius 2 is 1.74 bits per heavy atom. The first kappa shape index (κ1) is 24.5. The number of hydrogen-bond acceptors (Lipinski definition) is 7. The standard InChI is InChI=1S/C26H30N4O4S/c1-15(2)14-30-16(3)22(23(27-26(30)35)17-7-10-19(31-4)11-8-17)25-28-24(29-34-25)18-9-12-20(32-5)21(13-18)33-6/h7-13,15,23H,14H2,1-6H3,(H,27,35). The highest BCUT2D eigenvalue weighted by molar-refractivity contribution is 7.80. The molecule has 4 rings (SSSR count). The van der Waals surface area contributed by atoms with Gasteiger partial charge < -0.3 is 29.0 Å². The Hall–Kier alpha value is -3.59. The van der Waals surface area contributed by atoms with Crippen molar-refractivity contribution < 1.29 is 18.7 Å². The van der Waals surface area contributed by atoms with Gasteiger partial charge in [-0.3, -0.25) is 0 Å². The molecule has 1 N–H and O–H groups in total. The van der Waals surface area contributed by atoms with Gasteiger partial charge in [-0.1, -0.05) is 31.1 Å². The summed E-state index contributed by atoms with van der Waals surface area (Å²) in [6, 6.07) is 13.1. The number of thiocarbonyl (C=S) groups is 1. The maximum Gasteiger partial charge on any atom is 0.258 e. The van der Waals surface area contributed by atoms with Crippen molar-refractivity contribution in [1.29, 1.82) is 0 Å². The maximum absolute atomic E-state index is 5.82. The summed E-state index contributed by atoms with van der Waals surface area (Å²) in [4.78, 5) is 6.86. The van der Waals surface area contributed by atoms with Gasteiger partial charge in [0.05, 0.1) is 32.9 Å². The van der Waals surface area contributed by atoms with Crippen molar-refractivity contribution in [3.8, 4) is 28.6 Å². The van der Waals surface area contributed by atoms with E-state index in [1.54, 1.807) is 21.3 Å². The molecule has 1 unspecified atom stereocenters. The lowest BCUT2D eigenvalue weighted by Gasteiger charge is -2.38. The first-order valence-electron chi connectivity index (χ1n) is 11.4. The van der Waals surface area contributed by atoms with E-state index in [2.05, 4.69) is 29.2 Å². The van der Waals surface area contributed by atoms with Crippen molar-refractivity contribution in [2.24, 2.45) is 5.92 Å². The van der Waals surface area contributed by atoms with Crippen LogP contribution in [0.4, 0.5) is 0 Å². The van der Waals surface area contributed by atoms with Crippen LogP contribution >= 0.6 is 12.2 Å². The van der Waals surface area contributed by atoms with Gasteiger partial charge in [0.25, 0.3) is 5.89 Å². The van der Waals surface area contributed by atoms with Crippen LogP contribution in [0.1, 0.15) is 38.3 Å². The number of nitrogens with one attached hydrogen (secondary N) is 1. The Labute approximate surface area is 210 Å². The molecule has 3 aromatic rings. The first-order chi connectivity index (χ1) is 16.9. The quantitative estimate of drug-likeness (QED) is 0.431. The van der Waals surface area contributed by atoms with Crippen molar-refractivity contribution >= 4 is 22.9 Å². The third kappa shape index (κ3) is 4.95. The second-order valence-corrected chi connectivity index (χ2v) is 9.04. The predicted octanol–water partition coefficient (Wildman–Crippen LogP) is 5.08. The monoisotopic (exact) mass is 494 g/mol. The normalized spacial score (nSPS) is 15.9. The van der Waals surface area contributed by atoms with E-state index in [1.807, 2.05) is 49.4 Å². The van der Waals surface area contributed by atoms with Gasteiger partial charge in [0.2, 0.25) is 5.82 Å². The molecular weight excluding hydrogens is 464 g/mol. The van der Waals surface area contributed by atoms with Gasteiger partial charge in [0.15, 0.2) is 16.6 Å². The van der Waals surface area contributed by atoms with Gasteiger partial charge >= 0.3 is 0 Å². The molecule has 0 saturated heterocycles. The van der Waals surface area contributed by atoms with E-state index in [0.717, 1.165) is 34.7 Å². The molecule has 0 bridgehead atoms. The summed E-state index contributed by atoms with van der Waals surface area (Å²) < 4.78 is 21.9. The Balaban J connectivity index is 1.79. The fraction of sp³-hybridized carbons (Fsp3) is 0.346. The summed E-state index contributed by atoms with van der Waals surface area (Å²) in [6.07, 6.45) is 0. The van der Waals surface area contributed by atoms with Gasteiger partial charge in [-0.15, -0.1) is 0 Å². The zero-order valence-corrected chi connectivity index (χ0v) is 21.6. The smallest absolute Gasteiger partial charge is 0.258 e. The second-order valence-electron chi connectivity index (χ2n) is 8.65. The molecule has 0 aliphatic carbocycles. The largest absolute Gasteiger partial charge is 0.497 e. The highest BCUT2D eigenvalue weighted by Gasteiger charge is 2.34. The minimum Gasteiger partial charge on any atom is -0.497 e. The van der Waals surface area contributed by atoms with E-state index < -0.39 is 0 Å². The topological polar surface area (TPSA) is 81.9 Å². The molecule has 1 aliphatic heterocycles. The molecule has 0 amide bonds. The Morgan fingerprint density at radius 1 is 1.03 bits per heavy atom. The van der Waals surface area contributed by atoms with E-state index in [1.165, 1.54) is 0 Å². The van der Waals surface area contributed by atoms with E-state index in [9.17, 15) is 0 Å². The van der Waals surface area contributed by atoms with Crippen LogP contribution in [0, 0.1) is 5.92 Å². The molecule has 0 spiro atoms. The Kier molecular flexibility index (Phi) is 7.25. The average molecular weight is 495 g/mol. The number of ether oxygens (including phenoxy) is 3. The number of methoxy groups -OCH3 is 3. The van der Waals surface area contributed by atoms with Crippen molar-refractivity contribution in [3.05, 3.63) is 59.6 Å². The molecular formula is C26H30N4O4S. The number of nitrogens with zero attached hydrogens (tertiary/aromatic N) is 3. The van der Waals surface area contributed by atoms with Crippen LogP contribution in [-0.4, -0.2) is 48.0 Å². The fourth-order valence-electron chi connectivity index (χ4n) is 4.12. The molecule has 2 aromatic carbocycles. The van der Waals surface area contributed by atoms with Crippen LogP contribution in [0.3, 0.4) is 0 Å². The Bertz CT molecular complexity index is 1240. The lowest BCUT2D eigenvalue weighted by atomic mass is 9.94. The molecule has 2 heterocycles. The highest BCUT2D eigenvalue weighted by Crippen LogP contribution is 2.38. The molecule has 184 valence electrons. The average Bonchev–Trinajstić information content (AvgIpc) is 3.35. The third-order valence-electron chi connectivity index (χ3n) is 5.89. The van der Waals surface area contributed by atoms with Crippen molar-refractivity contribution in [1.82, 2.24) is 20.4 Å². The second kappa shape index (κ2) is 10.4. The number of aromatic nitrogens is 2. The van der Waals surface area contributed by atoms with E-state index >= 15 is 0 Å². The molecule has 9 heteroatoms. The summed E-state index contributed by atoms with van der Waals surface area (Å²) >= 11 is 5.75. The van der Waals surface area contributed by atoms with Crippen LogP contribution in [0.2, 0.25) is 0 Å². The van der Waals surface area contributed by atoms with Crippen LogP contribution in [-0.2, 0) is 0 Å². The summed E-state index contributed by atoms with van der Waals surface area (Å²) in [7, 11) is 4.84. The lowest BCUT2D eigenvalue weighted by molar-refractivity contribution is 0.355. The van der Waals surface area contributed by atoms with E-state index in [4.69, 9.17) is 35.9 Å². The fourth-order valence-corrected chi connectivity index (χ4v) is 4.44. The Morgan fingerprint density at radius 3 is 2.37 bits per heavy atom. The summed E-state index contributed by atoms with van der Waals surface area (Å²) in [5, 5.41) is 8.42. The molecule has 1 atom stereocenters. The maximum atomic E-state index is 5.82. The number of hydrogen-bond donors (Lipinski definition) is 1. The lowest BCUT2D eigenvalue weighted by Crippen LogP contribution is -2.47. The van der Waals surface area contributed by atoms with Crippen molar-refractivity contribution in [3.63, 3.8) is 0 Å². The van der Waals surface area contributed by atoms with Gasteiger partial charge in [0.1, 0.15) is 5.75 Å². The van der Waals surface area contributed by atoms with Gasteiger partial charge in [0, 0.05) is 17.8 Å². The predicted molar refractivity (Wildman–Crippen MR) is 138 cm³/mol. The minimum absolute atomic E-state index is 0.254.